The van der Waals surface area contributed by atoms with E-state index >= 15 is 0 Å². The average Bonchev–Trinajstić information content (AvgIpc) is 2.53. The van der Waals surface area contributed by atoms with Crippen LogP contribution in [-0.4, -0.2) is 16.3 Å². The van der Waals surface area contributed by atoms with Gasteiger partial charge in [-0.1, -0.05) is 23.8 Å². The molecule has 1 atom stereocenters. The highest BCUT2D eigenvalue weighted by atomic mass is 32.2. The molecule has 4 heteroatoms. The van der Waals surface area contributed by atoms with Crippen molar-refractivity contribution in [1.29, 1.82) is 0 Å². The zero-order valence-corrected chi connectivity index (χ0v) is 12.7. The molecule has 3 nitrogen and oxygen atoms in total. The molecule has 0 aliphatic heterocycles. The van der Waals surface area contributed by atoms with Crippen molar-refractivity contribution in [1.82, 2.24) is 4.98 Å². The van der Waals surface area contributed by atoms with Crippen LogP contribution >= 0.6 is 0 Å². The zero-order chi connectivity index (χ0) is 14.8. The quantitative estimate of drug-likeness (QED) is 0.739. The second-order valence-electron chi connectivity index (χ2n) is 4.78. The maximum Gasteiger partial charge on any atom is 0.128 e. The van der Waals surface area contributed by atoms with Gasteiger partial charge >= 0.3 is 0 Å². The maximum absolute atomic E-state index is 12.6. The van der Waals surface area contributed by atoms with E-state index in [0.717, 1.165) is 27.1 Å². The summed E-state index contributed by atoms with van der Waals surface area (Å²) in [6, 6.07) is 15.3. The van der Waals surface area contributed by atoms with Gasteiger partial charge in [-0.25, -0.2) is 4.21 Å². The second kappa shape index (κ2) is 5.66. The number of hydrogen-bond acceptors (Lipinski definition) is 3. The standard InChI is InChI=1S/C17H15NO2S/c1-12-6-8-13(9-7-12)21(19)14-10-15-16(18-11-14)4-3-5-17(15)20-2/h3-11H,1-2H3. The molecule has 0 saturated carbocycles. The van der Waals surface area contributed by atoms with Crippen LogP contribution in [0.25, 0.3) is 10.9 Å². The number of pyridine rings is 1. The number of methoxy groups -OCH3 is 1. The molecule has 0 fully saturated rings. The molecule has 2 aromatic carbocycles. The van der Waals surface area contributed by atoms with Crippen LogP contribution in [-0.2, 0) is 10.8 Å². The molecule has 0 aliphatic carbocycles. The molecular weight excluding hydrogens is 282 g/mol. The maximum atomic E-state index is 12.6. The van der Waals surface area contributed by atoms with Crippen molar-refractivity contribution in [2.24, 2.45) is 0 Å². The lowest BCUT2D eigenvalue weighted by Crippen LogP contribution is -1.95. The molecule has 0 saturated heterocycles. The van der Waals surface area contributed by atoms with Gasteiger partial charge < -0.3 is 4.74 Å². The lowest BCUT2D eigenvalue weighted by atomic mass is 10.2. The van der Waals surface area contributed by atoms with Crippen LogP contribution in [0.4, 0.5) is 0 Å². The molecule has 0 aliphatic rings. The van der Waals surface area contributed by atoms with Crippen LogP contribution < -0.4 is 4.74 Å². The number of hydrogen-bond donors (Lipinski definition) is 0. The molecule has 0 bridgehead atoms. The van der Waals surface area contributed by atoms with E-state index in [2.05, 4.69) is 4.98 Å². The number of nitrogens with zero attached hydrogens (tertiary/aromatic N) is 1. The summed E-state index contributed by atoms with van der Waals surface area (Å²) in [6.45, 7) is 2.01. The minimum Gasteiger partial charge on any atom is -0.496 e. The average molecular weight is 297 g/mol. The Balaban J connectivity index is 2.08. The van der Waals surface area contributed by atoms with E-state index in [4.69, 9.17) is 4.74 Å². The fraction of sp³-hybridized carbons (Fsp3) is 0.118. The van der Waals surface area contributed by atoms with Gasteiger partial charge in [-0.2, -0.15) is 0 Å². The van der Waals surface area contributed by atoms with E-state index in [-0.39, 0.29) is 0 Å². The van der Waals surface area contributed by atoms with Crippen LogP contribution in [0.2, 0.25) is 0 Å². The molecule has 1 aromatic heterocycles. The Hall–Kier alpha value is -2.20. The van der Waals surface area contributed by atoms with E-state index < -0.39 is 10.8 Å². The van der Waals surface area contributed by atoms with Crippen molar-refractivity contribution in [3.8, 4) is 5.75 Å². The van der Waals surface area contributed by atoms with Crippen molar-refractivity contribution in [2.45, 2.75) is 16.7 Å². The first kappa shape index (κ1) is 13.8. The Morgan fingerprint density at radius 2 is 1.81 bits per heavy atom. The van der Waals surface area contributed by atoms with E-state index in [0.29, 0.717) is 4.90 Å². The number of aryl methyl sites for hydroxylation is 1. The first-order chi connectivity index (χ1) is 10.2. The topological polar surface area (TPSA) is 39.2 Å². The van der Waals surface area contributed by atoms with Crippen LogP contribution in [0.15, 0.2) is 64.5 Å². The van der Waals surface area contributed by atoms with Gasteiger partial charge in [-0.3, -0.25) is 4.98 Å². The third-order valence-electron chi connectivity index (χ3n) is 3.33. The molecule has 1 heterocycles. The Morgan fingerprint density at radius 3 is 2.52 bits per heavy atom. The molecule has 0 spiro atoms. The Kier molecular flexibility index (Phi) is 3.71. The van der Waals surface area contributed by atoms with E-state index in [1.165, 1.54) is 0 Å². The molecule has 0 amide bonds. The summed E-state index contributed by atoms with van der Waals surface area (Å²) in [5.74, 6) is 0.739. The van der Waals surface area contributed by atoms with Gasteiger partial charge in [0.2, 0.25) is 0 Å². The Morgan fingerprint density at radius 1 is 1.05 bits per heavy atom. The summed E-state index contributed by atoms with van der Waals surface area (Å²) in [4.78, 5) is 5.83. The highest BCUT2D eigenvalue weighted by Gasteiger charge is 2.10. The highest BCUT2D eigenvalue weighted by Crippen LogP contribution is 2.27. The molecule has 3 rings (SSSR count). The van der Waals surface area contributed by atoms with Crippen molar-refractivity contribution in [2.75, 3.05) is 7.11 Å². The van der Waals surface area contributed by atoms with Crippen LogP contribution in [0, 0.1) is 6.92 Å². The Bertz CT molecular complexity index is 813. The van der Waals surface area contributed by atoms with Gasteiger partial charge in [0.05, 0.1) is 28.3 Å². The molecule has 1 unspecified atom stereocenters. The number of fused-ring (bicyclic) bond motifs is 1. The van der Waals surface area contributed by atoms with Crippen molar-refractivity contribution in [3.05, 3.63) is 60.3 Å². The molecular formula is C17H15NO2S. The van der Waals surface area contributed by atoms with E-state index in [9.17, 15) is 4.21 Å². The first-order valence-corrected chi connectivity index (χ1v) is 7.75. The lowest BCUT2D eigenvalue weighted by Gasteiger charge is -2.07. The predicted molar refractivity (Wildman–Crippen MR) is 84.1 cm³/mol. The Labute approximate surface area is 126 Å². The fourth-order valence-corrected chi connectivity index (χ4v) is 3.21. The number of aromatic nitrogens is 1. The van der Waals surface area contributed by atoms with Crippen molar-refractivity contribution >= 4 is 21.7 Å². The predicted octanol–water partition coefficient (Wildman–Crippen LogP) is 3.72. The monoisotopic (exact) mass is 297 g/mol. The molecule has 106 valence electrons. The van der Waals surface area contributed by atoms with Gasteiger partial charge in [-0.05, 0) is 37.3 Å². The van der Waals surface area contributed by atoms with Gasteiger partial charge in [0, 0.05) is 16.5 Å². The molecule has 0 N–H and O–H groups in total. The highest BCUT2D eigenvalue weighted by molar-refractivity contribution is 7.85. The van der Waals surface area contributed by atoms with Gasteiger partial charge in [0.15, 0.2) is 0 Å². The number of benzene rings is 2. The summed E-state index contributed by atoms with van der Waals surface area (Å²) in [7, 11) is 0.384. The SMILES string of the molecule is COc1cccc2ncc(S(=O)c3ccc(C)cc3)cc12. The fourth-order valence-electron chi connectivity index (χ4n) is 2.18. The lowest BCUT2D eigenvalue weighted by molar-refractivity contribution is 0.419. The smallest absolute Gasteiger partial charge is 0.128 e. The summed E-state index contributed by atoms with van der Waals surface area (Å²) in [5.41, 5.74) is 1.98. The second-order valence-corrected chi connectivity index (χ2v) is 6.26. The molecule has 0 radical (unpaired) electrons. The number of rotatable bonds is 3. The molecule has 3 aromatic rings. The zero-order valence-electron chi connectivity index (χ0n) is 11.9. The van der Waals surface area contributed by atoms with Crippen molar-refractivity contribution in [3.63, 3.8) is 0 Å². The van der Waals surface area contributed by atoms with Gasteiger partial charge in [-0.15, -0.1) is 0 Å². The summed E-state index contributed by atoms with van der Waals surface area (Å²) >= 11 is 0. The third-order valence-corrected chi connectivity index (χ3v) is 4.68. The van der Waals surface area contributed by atoms with Crippen LogP contribution in [0.1, 0.15) is 5.56 Å². The molecule has 21 heavy (non-hydrogen) atoms. The van der Waals surface area contributed by atoms with E-state index in [1.807, 2.05) is 55.5 Å². The summed E-state index contributed by atoms with van der Waals surface area (Å²) in [5, 5.41) is 0.873. The normalized spacial score (nSPS) is 12.3. The van der Waals surface area contributed by atoms with Crippen LogP contribution in [0.5, 0.6) is 5.75 Å². The van der Waals surface area contributed by atoms with Crippen LogP contribution in [0.3, 0.4) is 0 Å². The van der Waals surface area contributed by atoms with Gasteiger partial charge in [0.1, 0.15) is 5.75 Å². The van der Waals surface area contributed by atoms with Gasteiger partial charge in [0.25, 0.3) is 0 Å². The third kappa shape index (κ3) is 2.67. The number of ether oxygens (including phenoxy) is 1. The largest absolute Gasteiger partial charge is 0.496 e. The first-order valence-electron chi connectivity index (χ1n) is 6.60. The van der Waals surface area contributed by atoms with E-state index in [1.54, 1.807) is 13.3 Å². The minimum absolute atomic E-state index is 0.677. The minimum atomic E-state index is -1.24. The summed E-state index contributed by atoms with van der Waals surface area (Å²) < 4.78 is 18.0. The summed E-state index contributed by atoms with van der Waals surface area (Å²) in [6.07, 6.45) is 1.66. The van der Waals surface area contributed by atoms with Crippen molar-refractivity contribution < 1.29 is 8.95 Å².